The molecule has 12 rings (SSSR count). The van der Waals surface area contributed by atoms with E-state index in [-0.39, 0.29) is 89.9 Å². The van der Waals surface area contributed by atoms with Crippen LogP contribution in [-0.4, -0.2) is 153 Å². The minimum Gasteiger partial charge on any atom is -0.394 e. The molecule has 3 fully saturated rings. The van der Waals surface area contributed by atoms with Gasteiger partial charge in [-0.15, -0.1) is 0 Å². The van der Waals surface area contributed by atoms with E-state index < -0.39 is 128 Å². The first-order valence-electron chi connectivity index (χ1n) is 37.5. The third kappa shape index (κ3) is 22.4. The van der Waals surface area contributed by atoms with Crippen molar-refractivity contribution in [1.82, 2.24) is 27.9 Å². The van der Waals surface area contributed by atoms with Crippen LogP contribution in [-0.2, 0) is 87.1 Å². The lowest BCUT2D eigenvalue weighted by atomic mass is 9.98. The zero-order valence-corrected chi connectivity index (χ0v) is 75.4. The molecule has 119 heavy (non-hydrogen) atoms. The van der Waals surface area contributed by atoms with Crippen molar-refractivity contribution in [1.29, 1.82) is 0 Å². The lowest BCUT2D eigenvalue weighted by molar-refractivity contribution is 0.0858. The van der Waals surface area contributed by atoms with Crippen molar-refractivity contribution in [2.45, 2.75) is 163 Å². The third-order valence-corrected chi connectivity index (χ3v) is 31.4. The summed E-state index contributed by atoms with van der Waals surface area (Å²) in [5, 5.41) is 59.5. The fourth-order valence-electron chi connectivity index (χ4n) is 13.9. The molecule has 1 aliphatic heterocycles. The van der Waals surface area contributed by atoms with E-state index in [4.69, 9.17) is 15.3 Å². The molecule has 4 aromatic heterocycles. The van der Waals surface area contributed by atoms with E-state index in [1.54, 1.807) is 63.4 Å². The Hall–Kier alpha value is -7.65. The average molecular weight is 1980 g/mol. The highest BCUT2D eigenvalue weighted by atomic mass is 127. The highest BCUT2D eigenvalue weighted by molar-refractivity contribution is 14.1. The first kappa shape index (κ1) is 95.2. The number of aryl methyl sites for hydroxylation is 5. The minimum atomic E-state index is -3.92. The molecule has 4 atom stereocenters. The van der Waals surface area contributed by atoms with Crippen LogP contribution in [0.1, 0.15) is 143 Å². The molecular formula is C80H97Br2F4IN10O18S4. The Kier molecular flexibility index (Phi) is 30.7. The Morgan fingerprint density at radius 1 is 0.496 bits per heavy atom. The van der Waals surface area contributed by atoms with E-state index in [1.165, 1.54) is 96.5 Å². The number of hydrogen-bond acceptors (Lipinski definition) is 19. The fraction of sp³-hybridized carbons (Fsp3) is 0.425. The topological polar surface area (TPSA) is 409 Å². The summed E-state index contributed by atoms with van der Waals surface area (Å²) in [5.74, 6) is -2.33. The normalized spacial score (nSPS) is 16.3. The Balaban J connectivity index is 0.000000181. The molecule has 0 radical (unpaired) electrons. The Bertz CT molecular complexity index is 5510. The molecule has 0 bridgehead atoms. The van der Waals surface area contributed by atoms with E-state index in [0.717, 1.165) is 24.6 Å². The molecule has 39 heteroatoms. The van der Waals surface area contributed by atoms with Gasteiger partial charge in [0.2, 0.25) is 30.1 Å². The quantitative estimate of drug-likeness (QED) is 0.0148. The fourth-order valence-corrected chi connectivity index (χ4v) is 20.9. The van der Waals surface area contributed by atoms with Crippen LogP contribution in [0, 0.1) is 61.5 Å². The smallest absolute Gasteiger partial charge is 0.301 e. The van der Waals surface area contributed by atoms with Crippen LogP contribution < -0.4 is 46.4 Å². The molecule has 11 N–H and O–H groups in total. The number of pyridine rings is 4. The molecule has 3 aliphatic carbocycles. The van der Waals surface area contributed by atoms with Crippen LogP contribution >= 0.6 is 54.5 Å². The van der Waals surface area contributed by atoms with Crippen molar-refractivity contribution < 1.29 is 81.9 Å². The summed E-state index contributed by atoms with van der Waals surface area (Å²) < 4.78 is 176. The second-order valence-electron chi connectivity index (χ2n) is 30.8. The van der Waals surface area contributed by atoms with E-state index >= 15 is 4.39 Å². The molecule has 28 nitrogen and oxygen atoms in total. The van der Waals surface area contributed by atoms with Crippen LogP contribution in [0.25, 0.3) is 0 Å². The summed E-state index contributed by atoms with van der Waals surface area (Å²) in [4.78, 5) is 50.1. The molecule has 0 spiro atoms. The maximum absolute atomic E-state index is 15.2. The number of benzene rings is 4. The predicted molar refractivity (Wildman–Crippen MR) is 463 cm³/mol. The van der Waals surface area contributed by atoms with Crippen molar-refractivity contribution in [2.75, 3.05) is 52.8 Å². The van der Waals surface area contributed by atoms with Crippen LogP contribution in [0.2, 0.25) is 0 Å². The van der Waals surface area contributed by atoms with Gasteiger partial charge in [0.05, 0.1) is 75.1 Å². The number of hydrogen-bond donors (Lipinski definition) is 11. The van der Waals surface area contributed by atoms with E-state index in [1.807, 2.05) is 60.7 Å². The first-order valence-corrected chi connectivity index (χ1v) is 46.1. The molecule has 4 aromatic carbocycles. The summed E-state index contributed by atoms with van der Waals surface area (Å²) in [5.41, 5.74) is 4.95. The van der Waals surface area contributed by atoms with Crippen molar-refractivity contribution >= 4 is 117 Å². The van der Waals surface area contributed by atoms with Crippen molar-refractivity contribution in [2.24, 2.45) is 21.1 Å². The van der Waals surface area contributed by atoms with Crippen LogP contribution in [0.5, 0.6) is 0 Å². The van der Waals surface area contributed by atoms with E-state index in [0.29, 0.717) is 104 Å². The summed E-state index contributed by atoms with van der Waals surface area (Å²) in [7, 11) is -8.35. The lowest BCUT2D eigenvalue weighted by Crippen LogP contribution is -2.35. The van der Waals surface area contributed by atoms with Crippen molar-refractivity contribution in [3.8, 4) is 0 Å². The average Bonchev–Trinajstić information content (AvgIpc) is 1.61. The van der Waals surface area contributed by atoms with Gasteiger partial charge in [-0.25, -0.2) is 42.8 Å². The number of aliphatic hydroxyl groups excluding tert-OH is 6. The second-order valence-corrected chi connectivity index (χ2v) is 42.0. The second kappa shape index (κ2) is 38.4. The van der Waals surface area contributed by atoms with Gasteiger partial charge >= 0.3 is 10.2 Å². The number of aliphatic hydroxyl groups is 6. The van der Waals surface area contributed by atoms with Gasteiger partial charge in [-0.1, -0.05) is 79.9 Å². The summed E-state index contributed by atoms with van der Waals surface area (Å²) in [6.07, 6.45) is 7.81. The molecule has 0 amide bonds. The molecule has 8 aromatic rings. The largest absolute Gasteiger partial charge is 0.394 e. The monoisotopic (exact) mass is 1970 g/mol. The number of rotatable bonds is 30. The number of nitrogens with one attached hydrogen (secondary N) is 5. The van der Waals surface area contributed by atoms with Gasteiger partial charge < -0.3 is 49.7 Å². The summed E-state index contributed by atoms with van der Waals surface area (Å²) in [6, 6.07) is 19.6. The predicted octanol–water partition coefficient (Wildman–Crippen LogP) is 8.87. The number of aromatic nitrogens is 4. The summed E-state index contributed by atoms with van der Waals surface area (Å²) >= 11 is 8.40. The maximum atomic E-state index is 15.2. The molecular weight excluding hydrogens is 1880 g/mol. The van der Waals surface area contributed by atoms with Crippen molar-refractivity contribution in [3.63, 3.8) is 0 Å². The van der Waals surface area contributed by atoms with E-state index in [2.05, 4.69) is 56.1 Å². The number of halogens is 7. The van der Waals surface area contributed by atoms with Gasteiger partial charge in [-0.2, -0.15) is 12.7 Å². The van der Waals surface area contributed by atoms with Crippen molar-refractivity contribution in [3.05, 3.63) is 259 Å². The number of nitrogens with zero attached hydrogens (tertiary/aromatic N) is 5. The standard InChI is InChI=1S/2C20H24BrFN2O5S.C20H24FIN2O5S.C20H25FN4O3S/c2*1-12-16(7-13-3-4-14(21)8-17(13)22)18(10-24(2)19(12)27)23-30(28,29)20(5-6-20)9-15(26)11-25;1-12-16(7-13-3-4-14(22)8-17(13)21)18(10-24(2)19(12)27)23-30(28,29)20(5-6-20)9-15(26)11-25;1-13-7-8-15(14(2)10-13)11-16-17(23-29(27,28)24(3)4)12-25(20(26)19(16)21)18-6-5-9-22-18/h3*3-4,8,10,15,23,25-26H,5-7,9,11H2,1-2H3;5,7-10,12,18,22-23H,6,11H2,1-4H3. The van der Waals surface area contributed by atoms with Gasteiger partial charge in [0, 0.05) is 127 Å². The van der Waals surface area contributed by atoms with Gasteiger partial charge in [0.15, 0.2) is 5.82 Å². The van der Waals surface area contributed by atoms with E-state index in [9.17, 15) is 81.3 Å². The Labute approximate surface area is 718 Å². The van der Waals surface area contributed by atoms with Gasteiger partial charge in [-0.05, 0) is 202 Å². The third-order valence-electron chi connectivity index (χ3n) is 21.7. The number of sulfonamides is 3. The Morgan fingerprint density at radius 3 is 1.16 bits per heavy atom. The van der Waals surface area contributed by atoms with Gasteiger partial charge in [0.1, 0.15) is 23.6 Å². The van der Waals surface area contributed by atoms with Crippen LogP contribution in [0.15, 0.2) is 138 Å². The zero-order valence-electron chi connectivity index (χ0n) is 66.8. The van der Waals surface area contributed by atoms with Crippen LogP contribution in [0.3, 0.4) is 0 Å². The molecule has 648 valence electrons. The van der Waals surface area contributed by atoms with Crippen LogP contribution in [0.4, 0.5) is 40.3 Å². The molecule has 4 aliphatic rings. The summed E-state index contributed by atoms with van der Waals surface area (Å²) in [6.45, 7) is 7.03. The van der Waals surface area contributed by atoms with Gasteiger partial charge in [0.25, 0.3) is 22.2 Å². The first-order chi connectivity index (χ1) is 55.6. The Morgan fingerprint density at radius 2 is 0.840 bits per heavy atom. The molecule has 3 saturated carbocycles. The zero-order chi connectivity index (χ0) is 88.1. The minimum absolute atomic E-state index is 0.0228. The molecule has 5 heterocycles. The number of anilines is 4. The molecule has 0 saturated heterocycles. The highest BCUT2D eigenvalue weighted by Crippen LogP contribution is 2.51. The maximum Gasteiger partial charge on any atom is 0.301 e. The lowest BCUT2D eigenvalue weighted by Gasteiger charge is -2.22. The SMILES string of the molecule is Cc1c(Cc2ccc(Br)cc2F)c(NS(=O)(=O)C2(CC(O)CO)CC2)cn(C)c1=O.Cc1c(Cc2ccc(Br)cc2F)c(NS(=O)(=O)C2(CC(O)CO)CC2)cn(C)c1=O.Cc1c(Cc2ccc(I)cc2F)c(NS(=O)(=O)C2(CC(O)CO)CC2)cn(C)c1=O.Cc1ccc(Cc2c(NS(=O)(=O)N(C)C)cn(C3CC=CN3)c(=O)c2F)c(C)c1. The molecule has 4 unspecified atom stereocenters. The highest BCUT2D eigenvalue weighted by Gasteiger charge is 2.58. The van der Waals surface area contributed by atoms with Gasteiger partial charge in [-0.3, -0.25) is 42.6 Å².